The van der Waals surface area contributed by atoms with Crippen molar-refractivity contribution in [2.75, 3.05) is 0 Å². The molecule has 0 aromatic carbocycles. The van der Waals surface area contributed by atoms with Gasteiger partial charge in [-0.1, -0.05) is 0 Å². The van der Waals surface area contributed by atoms with Crippen LogP contribution in [0.5, 0.6) is 0 Å². The molecule has 1 heterocycles. The maximum absolute atomic E-state index is 13.4. The van der Waals surface area contributed by atoms with Crippen molar-refractivity contribution in [3.63, 3.8) is 0 Å². The average molecular weight is 348 g/mol. The molecule has 0 amide bonds. The fourth-order valence-electron chi connectivity index (χ4n) is 1.48. The molecule has 0 spiro atoms. The van der Waals surface area contributed by atoms with Crippen molar-refractivity contribution in [2.45, 2.75) is 42.1 Å². The molecule has 0 aliphatic carbocycles. The van der Waals surface area contributed by atoms with Crippen molar-refractivity contribution in [3.05, 3.63) is 0 Å². The van der Waals surface area contributed by atoms with Gasteiger partial charge in [-0.3, -0.25) is 4.74 Å². The summed E-state index contributed by atoms with van der Waals surface area (Å²) in [5, 5.41) is 0. The third-order valence-corrected chi connectivity index (χ3v) is 2.62. The molecule has 0 radical (unpaired) electrons. The van der Waals surface area contributed by atoms with Gasteiger partial charge in [-0.05, 0) is 0 Å². The smallest absolute Gasteiger partial charge is 0.269 e. The first-order chi connectivity index (χ1) is 8.90. The van der Waals surface area contributed by atoms with Crippen LogP contribution in [-0.4, -0.2) is 42.1 Å². The molecule has 1 saturated heterocycles. The lowest BCUT2D eigenvalue weighted by atomic mass is 9.87. The van der Waals surface area contributed by atoms with Crippen LogP contribution in [0.4, 0.5) is 57.1 Å². The summed E-state index contributed by atoms with van der Waals surface area (Å²) in [6.07, 6.45) is -19.6. The Morgan fingerprint density at radius 3 is 1.43 bits per heavy atom. The summed E-state index contributed by atoms with van der Waals surface area (Å²) in [5.41, 5.74) is -6.96. The Morgan fingerprint density at radius 1 is 0.762 bits per heavy atom. The minimum absolute atomic E-state index is 1.84. The van der Waals surface area contributed by atoms with Gasteiger partial charge >= 0.3 is 35.7 Å². The minimum atomic E-state index is -7.42. The molecule has 1 nitrogen and oxygen atoms in total. The van der Waals surface area contributed by atoms with Gasteiger partial charge in [-0.2, -0.15) is 39.5 Å². The van der Waals surface area contributed by atoms with Crippen LogP contribution in [0.25, 0.3) is 0 Å². The summed E-state index contributed by atoms with van der Waals surface area (Å²) < 4.78 is 164. The lowest BCUT2D eigenvalue weighted by Gasteiger charge is -2.37. The fraction of sp³-hybridized carbons (Fsp3) is 1.00. The van der Waals surface area contributed by atoms with E-state index in [2.05, 4.69) is 0 Å². The maximum atomic E-state index is 13.4. The van der Waals surface area contributed by atoms with Gasteiger partial charge in [-0.15, -0.1) is 0 Å². The molecule has 0 bridgehead atoms. The van der Waals surface area contributed by atoms with Crippen molar-refractivity contribution in [3.8, 4) is 0 Å². The predicted octanol–water partition coefficient (Wildman–Crippen LogP) is 4.08. The van der Waals surface area contributed by atoms with Crippen molar-refractivity contribution >= 4 is 0 Å². The zero-order chi connectivity index (χ0) is 17.3. The minimum Gasteiger partial charge on any atom is -0.269 e. The van der Waals surface area contributed by atoms with E-state index in [-0.39, 0.29) is 0 Å². The average Bonchev–Trinajstić information content (AvgIpc) is 2.34. The molecule has 1 rings (SSSR count). The zero-order valence-electron chi connectivity index (χ0n) is 8.90. The molecular weight excluding hydrogens is 347 g/mol. The first-order valence-corrected chi connectivity index (χ1v) is 4.46. The first-order valence-electron chi connectivity index (χ1n) is 4.46. The molecule has 0 aromatic rings. The summed E-state index contributed by atoms with van der Waals surface area (Å²) >= 11 is 0. The predicted molar refractivity (Wildman–Crippen MR) is 35.7 cm³/mol. The van der Waals surface area contributed by atoms with Gasteiger partial charge in [0.05, 0.1) is 0 Å². The van der Waals surface area contributed by atoms with Gasteiger partial charge in [0.15, 0.2) is 0 Å². The molecular formula is C7HF13O. The summed E-state index contributed by atoms with van der Waals surface area (Å²) in [7, 11) is 0. The van der Waals surface area contributed by atoms with E-state index in [1.807, 2.05) is 4.74 Å². The molecule has 21 heavy (non-hydrogen) atoms. The van der Waals surface area contributed by atoms with Crippen LogP contribution >= 0.6 is 0 Å². The second kappa shape index (κ2) is 4.07. The molecule has 1 fully saturated rings. The monoisotopic (exact) mass is 348 g/mol. The second-order valence-corrected chi connectivity index (χ2v) is 3.87. The Hall–Kier alpha value is -0.950. The van der Waals surface area contributed by atoms with Gasteiger partial charge in [0.1, 0.15) is 0 Å². The van der Waals surface area contributed by atoms with E-state index in [1.54, 1.807) is 0 Å². The normalized spacial score (nSPS) is 36.3. The summed E-state index contributed by atoms with van der Waals surface area (Å²) in [5.74, 6) is -21.5. The number of hydrogen-bond acceptors (Lipinski definition) is 1. The molecule has 0 saturated carbocycles. The van der Waals surface area contributed by atoms with E-state index in [0.717, 1.165) is 0 Å². The van der Waals surface area contributed by atoms with E-state index in [9.17, 15) is 57.1 Å². The molecule has 2 atom stereocenters. The molecule has 126 valence electrons. The second-order valence-electron chi connectivity index (χ2n) is 3.87. The van der Waals surface area contributed by atoms with Gasteiger partial charge in [0.2, 0.25) is 0 Å². The summed E-state index contributed by atoms with van der Waals surface area (Å²) in [6.45, 7) is 0. The van der Waals surface area contributed by atoms with Crippen molar-refractivity contribution in [1.82, 2.24) is 0 Å². The Morgan fingerprint density at radius 2 is 1.14 bits per heavy atom. The highest BCUT2D eigenvalue weighted by atomic mass is 19.4. The Balaban J connectivity index is 3.70. The third-order valence-electron chi connectivity index (χ3n) is 2.62. The Labute approximate surface area is 105 Å². The van der Waals surface area contributed by atoms with Gasteiger partial charge in [0.25, 0.3) is 6.43 Å². The lowest BCUT2D eigenvalue weighted by Crippen LogP contribution is -2.69. The molecule has 0 aromatic heterocycles. The SMILES string of the molecule is FC(F)C1(F)C(F)(F)C(F)(F)OC1(F)C(F)(F)C(F)(F)F. The largest absolute Gasteiger partial charge is 0.459 e. The van der Waals surface area contributed by atoms with E-state index in [0.29, 0.717) is 0 Å². The zero-order valence-corrected chi connectivity index (χ0v) is 8.90. The van der Waals surface area contributed by atoms with E-state index in [4.69, 9.17) is 0 Å². The third kappa shape index (κ3) is 1.76. The van der Waals surface area contributed by atoms with Crippen LogP contribution in [0.2, 0.25) is 0 Å². The standard InChI is InChI=1S/C7HF13O/c8-1(9)2(10)3(11,12)7(19,20)21-5(2,15)4(13,14)6(16,17)18/h1H. The molecule has 0 N–H and O–H groups in total. The van der Waals surface area contributed by atoms with E-state index < -0.39 is 42.1 Å². The van der Waals surface area contributed by atoms with Gasteiger partial charge < -0.3 is 0 Å². The highest BCUT2D eigenvalue weighted by Crippen LogP contribution is 2.67. The highest BCUT2D eigenvalue weighted by molar-refractivity contribution is 5.20. The van der Waals surface area contributed by atoms with Crippen LogP contribution in [0.15, 0.2) is 0 Å². The quantitative estimate of drug-likeness (QED) is 0.684. The summed E-state index contributed by atoms with van der Waals surface area (Å²) in [4.78, 5) is 0. The highest BCUT2D eigenvalue weighted by Gasteiger charge is 2.99. The van der Waals surface area contributed by atoms with E-state index >= 15 is 0 Å². The maximum Gasteiger partial charge on any atom is 0.459 e. The summed E-state index contributed by atoms with van der Waals surface area (Å²) in [6, 6.07) is 0. The molecule has 2 unspecified atom stereocenters. The number of hydrogen-bond donors (Lipinski definition) is 0. The van der Waals surface area contributed by atoms with Crippen LogP contribution in [-0.2, 0) is 4.74 Å². The molecule has 1 aliphatic heterocycles. The van der Waals surface area contributed by atoms with Crippen LogP contribution in [0.1, 0.15) is 0 Å². The fourth-order valence-corrected chi connectivity index (χ4v) is 1.48. The topological polar surface area (TPSA) is 9.23 Å². The number of ether oxygens (including phenoxy) is 1. The van der Waals surface area contributed by atoms with Crippen molar-refractivity contribution < 1.29 is 61.8 Å². The number of halogens is 13. The molecule has 1 aliphatic rings. The van der Waals surface area contributed by atoms with Crippen LogP contribution in [0.3, 0.4) is 0 Å². The van der Waals surface area contributed by atoms with Crippen molar-refractivity contribution in [2.24, 2.45) is 0 Å². The van der Waals surface area contributed by atoms with Crippen LogP contribution in [0, 0.1) is 0 Å². The van der Waals surface area contributed by atoms with Gasteiger partial charge in [0, 0.05) is 0 Å². The Kier molecular flexibility index (Phi) is 3.51. The lowest BCUT2D eigenvalue weighted by molar-refractivity contribution is -0.427. The molecule has 14 heteroatoms. The van der Waals surface area contributed by atoms with E-state index in [1.165, 1.54) is 0 Å². The van der Waals surface area contributed by atoms with Crippen LogP contribution < -0.4 is 0 Å². The van der Waals surface area contributed by atoms with Crippen molar-refractivity contribution in [1.29, 1.82) is 0 Å². The number of rotatable bonds is 2. The van der Waals surface area contributed by atoms with Gasteiger partial charge in [-0.25, -0.2) is 17.6 Å². The number of alkyl halides is 13. The first kappa shape index (κ1) is 18.1. The Bertz CT molecular complexity index is 427.